The van der Waals surface area contributed by atoms with Crippen LogP contribution < -0.4 is 4.74 Å². The lowest BCUT2D eigenvalue weighted by Crippen LogP contribution is -2.49. The molecule has 1 fully saturated rings. The first-order valence-electron chi connectivity index (χ1n) is 11.5. The van der Waals surface area contributed by atoms with Gasteiger partial charge < -0.3 is 14.4 Å². The first-order valence-corrected chi connectivity index (χ1v) is 11.8. The summed E-state index contributed by atoms with van der Waals surface area (Å²) in [6, 6.07) is 19.8. The zero-order valence-electron chi connectivity index (χ0n) is 19.6. The fourth-order valence-corrected chi connectivity index (χ4v) is 4.14. The SMILES string of the molecule is COc1cccc([C@@H](CN2CCN(C(=O)c3ccc(Cl)nc3)CC2)OCc2ccc(C)cc2)c1. The number of pyridine rings is 1. The summed E-state index contributed by atoms with van der Waals surface area (Å²) in [5, 5.41) is 0.385. The van der Waals surface area contributed by atoms with Crippen molar-refractivity contribution in [1.29, 1.82) is 0 Å². The molecule has 34 heavy (non-hydrogen) atoms. The number of methoxy groups -OCH3 is 1. The standard InChI is InChI=1S/C27H30ClN3O3/c1-20-6-8-21(9-7-20)19-34-25(22-4-3-5-24(16-22)33-2)18-30-12-14-31(15-13-30)27(32)23-10-11-26(28)29-17-23/h3-11,16-17,25H,12-15,18-19H2,1-2H3/t25-/m1/s1. The van der Waals surface area contributed by atoms with Crippen molar-refractivity contribution in [2.45, 2.75) is 19.6 Å². The van der Waals surface area contributed by atoms with Gasteiger partial charge in [0.25, 0.3) is 5.91 Å². The van der Waals surface area contributed by atoms with E-state index >= 15 is 0 Å². The van der Waals surface area contributed by atoms with Gasteiger partial charge in [0.1, 0.15) is 10.9 Å². The first kappa shape index (κ1) is 24.2. The average Bonchev–Trinajstić information content (AvgIpc) is 2.88. The molecule has 1 aromatic heterocycles. The number of carbonyl (C=O) groups is 1. The smallest absolute Gasteiger partial charge is 0.255 e. The molecule has 0 unspecified atom stereocenters. The van der Waals surface area contributed by atoms with E-state index in [-0.39, 0.29) is 12.0 Å². The molecule has 0 spiro atoms. The molecular weight excluding hydrogens is 450 g/mol. The van der Waals surface area contributed by atoms with Crippen LogP contribution in [0.2, 0.25) is 5.15 Å². The van der Waals surface area contributed by atoms with Crippen LogP contribution in [0.4, 0.5) is 0 Å². The van der Waals surface area contributed by atoms with E-state index in [4.69, 9.17) is 21.1 Å². The van der Waals surface area contributed by atoms with Gasteiger partial charge >= 0.3 is 0 Å². The fourth-order valence-electron chi connectivity index (χ4n) is 4.03. The van der Waals surface area contributed by atoms with E-state index in [1.807, 2.05) is 23.1 Å². The molecule has 0 N–H and O–H groups in total. The van der Waals surface area contributed by atoms with Gasteiger partial charge in [-0.05, 0) is 42.3 Å². The molecule has 0 bridgehead atoms. The van der Waals surface area contributed by atoms with Gasteiger partial charge in [0, 0.05) is 38.9 Å². The molecule has 1 saturated heterocycles. The van der Waals surface area contributed by atoms with Gasteiger partial charge in [0.15, 0.2) is 0 Å². The van der Waals surface area contributed by atoms with Crippen LogP contribution in [-0.4, -0.2) is 60.5 Å². The van der Waals surface area contributed by atoms with Crippen molar-refractivity contribution in [3.05, 3.63) is 94.3 Å². The number of amides is 1. The molecule has 2 heterocycles. The monoisotopic (exact) mass is 479 g/mol. The summed E-state index contributed by atoms with van der Waals surface area (Å²) in [7, 11) is 1.67. The fraction of sp³-hybridized carbons (Fsp3) is 0.333. The normalized spacial score (nSPS) is 15.2. The molecule has 1 aliphatic rings. The van der Waals surface area contributed by atoms with E-state index in [0.717, 1.165) is 36.5 Å². The Morgan fingerprint density at radius 2 is 1.82 bits per heavy atom. The Kier molecular flexibility index (Phi) is 8.16. The number of carbonyl (C=O) groups excluding carboxylic acids is 1. The quantitative estimate of drug-likeness (QED) is 0.436. The minimum absolute atomic E-state index is 0.0104. The number of aryl methyl sites for hydroxylation is 1. The molecule has 1 atom stereocenters. The zero-order valence-corrected chi connectivity index (χ0v) is 20.4. The predicted molar refractivity (Wildman–Crippen MR) is 133 cm³/mol. The summed E-state index contributed by atoms with van der Waals surface area (Å²) < 4.78 is 11.8. The van der Waals surface area contributed by atoms with E-state index in [1.54, 1.807) is 19.2 Å². The highest BCUT2D eigenvalue weighted by Crippen LogP contribution is 2.25. The zero-order chi connectivity index (χ0) is 23.9. The molecule has 178 valence electrons. The molecule has 7 heteroatoms. The Labute approximate surface area is 206 Å². The van der Waals surface area contributed by atoms with E-state index in [9.17, 15) is 4.79 Å². The summed E-state index contributed by atoms with van der Waals surface area (Å²) >= 11 is 5.85. The van der Waals surface area contributed by atoms with Gasteiger partial charge in [-0.2, -0.15) is 0 Å². The van der Waals surface area contributed by atoms with Crippen LogP contribution in [0, 0.1) is 6.92 Å². The molecule has 1 amide bonds. The lowest BCUT2D eigenvalue weighted by atomic mass is 10.1. The van der Waals surface area contributed by atoms with Crippen molar-refractivity contribution in [3.63, 3.8) is 0 Å². The maximum atomic E-state index is 12.8. The summed E-state index contributed by atoms with van der Waals surface area (Å²) in [6.07, 6.45) is 1.42. The Morgan fingerprint density at radius 3 is 2.50 bits per heavy atom. The number of halogens is 1. The summed E-state index contributed by atoms with van der Waals surface area (Å²) in [5.41, 5.74) is 4.02. The molecule has 0 saturated carbocycles. The number of piperazine rings is 1. The molecule has 3 aromatic rings. The minimum atomic E-state index is -0.112. The number of nitrogens with zero attached hydrogens (tertiary/aromatic N) is 3. The predicted octanol–water partition coefficient (Wildman–Crippen LogP) is 4.77. The maximum Gasteiger partial charge on any atom is 0.255 e. The van der Waals surface area contributed by atoms with Gasteiger partial charge in [0.05, 0.1) is 25.4 Å². The summed E-state index contributed by atoms with van der Waals surface area (Å²) in [4.78, 5) is 21.0. The number of ether oxygens (including phenoxy) is 2. The Morgan fingerprint density at radius 1 is 1.06 bits per heavy atom. The number of rotatable bonds is 8. The van der Waals surface area contributed by atoms with Crippen LogP contribution in [-0.2, 0) is 11.3 Å². The van der Waals surface area contributed by atoms with Crippen LogP contribution >= 0.6 is 11.6 Å². The molecule has 4 rings (SSSR count). The van der Waals surface area contributed by atoms with Crippen LogP contribution in [0.5, 0.6) is 5.75 Å². The lowest BCUT2D eigenvalue weighted by molar-refractivity contribution is 0.00333. The Balaban J connectivity index is 1.40. The molecule has 2 aromatic carbocycles. The third-order valence-corrected chi connectivity index (χ3v) is 6.32. The highest BCUT2D eigenvalue weighted by Gasteiger charge is 2.25. The first-order chi connectivity index (χ1) is 16.5. The van der Waals surface area contributed by atoms with Gasteiger partial charge in [-0.1, -0.05) is 53.6 Å². The van der Waals surface area contributed by atoms with Gasteiger partial charge in [-0.25, -0.2) is 4.98 Å². The van der Waals surface area contributed by atoms with Crippen molar-refractivity contribution < 1.29 is 14.3 Å². The van der Waals surface area contributed by atoms with Crippen LogP contribution in [0.25, 0.3) is 0 Å². The van der Waals surface area contributed by atoms with E-state index < -0.39 is 0 Å². The Hall–Kier alpha value is -2.93. The summed E-state index contributed by atoms with van der Waals surface area (Å²) in [6.45, 7) is 6.22. The number of hydrogen-bond donors (Lipinski definition) is 0. The summed E-state index contributed by atoms with van der Waals surface area (Å²) in [5.74, 6) is 0.803. The van der Waals surface area contributed by atoms with E-state index in [1.165, 1.54) is 11.8 Å². The minimum Gasteiger partial charge on any atom is -0.497 e. The second-order valence-corrected chi connectivity index (χ2v) is 8.91. The lowest BCUT2D eigenvalue weighted by Gasteiger charge is -2.36. The van der Waals surface area contributed by atoms with Crippen molar-refractivity contribution in [3.8, 4) is 5.75 Å². The molecule has 0 radical (unpaired) electrons. The topological polar surface area (TPSA) is 54.9 Å². The maximum absolute atomic E-state index is 12.8. The van der Waals surface area contributed by atoms with Crippen molar-refractivity contribution >= 4 is 17.5 Å². The van der Waals surface area contributed by atoms with Gasteiger partial charge in [-0.15, -0.1) is 0 Å². The van der Waals surface area contributed by atoms with Gasteiger partial charge in [0.2, 0.25) is 0 Å². The largest absolute Gasteiger partial charge is 0.497 e. The number of aromatic nitrogens is 1. The molecular formula is C27H30ClN3O3. The Bertz CT molecular complexity index is 1080. The van der Waals surface area contributed by atoms with Crippen LogP contribution in [0.3, 0.4) is 0 Å². The van der Waals surface area contributed by atoms with E-state index in [0.29, 0.717) is 30.4 Å². The van der Waals surface area contributed by atoms with E-state index in [2.05, 4.69) is 47.1 Å². The highest BCUT2D eigenvalue weighted by molar-refractivity contribution is 6.29. The van der Waals surface area contributed by atoms with Crippen LogP contribution in [0.15, 0.2) is 66.9 Å². The average molecular weight is 480 g/mol. The second kappa shape index (κ2) is 11.5. The molecule has 0 aliphatic carbocycles. The third kappa shape index (κ3) is 6.35. The van der Waals surface area contributed by atoms with Crippen molar-refractivity contribution in [2.75, 3.05) is 39.8 Å². The van der Waals surface area contributed by atoms with Crippen molar-refractivity contribution in [2.24, 2.45) is 0 Å². The third-order valence-electron chi connectivity index (χ3n) is 6.10. The second-order valence-electron chi connectivity index (χ2n) is 8.52. The van der Waals surface area contributed by atoms with Crippen molar-refractivity contribution in [1.82, 2.24) is 14.8 Å². The highest BCUT2D eigenvalue weighted by atomic mass is 35.5. The van der Waals surface area contributed by atoms with Gasteiger partial charge in [-0.3, -0.25) is 9.69 Å². The molecule has 1 aliphatic heterocycles. The van der Waals surface area contributed by atoms with Crippen LogP contribution in [0.1, 0.15) is 33.2 Å². The number of benzene rings is 2. The molecule has 6 nitrogen and oxygen atoms in total. The number of hydrogen-bond acceptors (Lipinski definition) is 5.